The Morgan fingerprint density at radius 2 is 1.59 bits per heavy atom. The molecule has 0 N–H and O–H groups in total. The quantitative estimate of drug-likeness (QED) is 0.628. The molecule has 1 rings (SSSR count). The van der Waals surface area contributed by atoms with Crippen LogP contribution in [-0.2, 0) is 0 Å². The molecule has 0 aliphatic rings. The Balaban J connectivity index is 2.89. The zero-order valence-electron chi connectivity index (χ0n) is 12.1. The number of benzene rings is 1. The number of rotatable bonds is 4. The lowest BCUT2D eigenvalue weighted by Crippen LogP contribution is -2.16. The van der Waals surface area contributed by atoms with Gasteiger partial charge in [0.1, 0.15) is 0 Å². The first kappa shape index (κ1) is 14.6. The van der Waals surface area contributed by atoms with Crippen molar-refractivity contribution < 1.29 is 0 Å². The van der Waals surface area contributed by atoms with Crippen LogP contribution < -0.4 is 0 Å². The maximum absolute atomic E-state index is 2.33. The van der Waals surface area contributed by atoms with Gasteiger partial charge >= 0.3 is 0 Å². The summed E-state index contributed by atoms with van der Waals surface area (Å²) in [6.45, 7) is 11.7. The second-order valence-electron chi connectivity index (χ2n) is 6.39. The minimum absolute atomic E-state index is 0.396. The van der Waals surface area contributed by atoms with E-state index in [1.807, 2.05) is 11.8 Å². The molecular formula is C16H26S. The summed E-state index contributed by atoms with van der Waals surface area (Å²) in [5.41, 5.74) is 1.89. The van der Waals surface area contributed by atoms with Crippen molar-refractivity contribution in [1.29, 1.82) is 0 Å². The fourth-order valence-corrected chi connectivity index (χ4v) is 2.66. The summed E-state index contributed by atoms with van der Waals surface area (Å²) < 4.78 is 0. The van der Waals surface area contributed by atoms with Crippen molar-refractivity contribution in [3.05, 3.63) is 29.8 Å². The highest BCUT2D eigenvalue weighted by atomic mass is 32.2. The third-order valence-corrected chi connectivity index (χ3v) is 3.92. The maximum Gasteiger partial charge on any atom is 0.00693 e. The second kappa shape index (κ2) is 5.95. The minimum atomic E-state index is 0.396. The molecule has 0 saturated carbocycles. The molecule has 96 valence electrons. The molecule has 0 bridgehead atoms. The Labute approximate surface area is 111 Å². The molecule has 1 atom stereocenters. The van der Waals surface area contributed by atoms with Crippen molar-refractivity contribution in [2.45, 2.75) is 51.9 Å². The summed E-state index contributed by atoms with van der Waals surface area (Å²) in [4.78, 5) is 1.35. The average Bonchev–Trinajstić information content (AvgIpc) is 2.25. The number of thioether (sulfide) groups is 1. The van der Waals surface area contributed by atoms with Crippen LogP contribution in [0.3, 0.4) is 0 Å². The summed E-state index contributed by atoms with van der Waals surface area (Å²) in [7, 11) is 0. The van der Waals surface area contributed by atoms with E-state index < -0.39 is 0 Å². The van der Waals surface area contributed by atoms with Crippen LogP contribution in [0.5, 0.6) is 0 Å². The van der Waals surface area contributed by atoms with E-state index in [1.54, 1.807) is 0 Å². The van der Waals surface area contributed by atoms with Crippen molar-refractivity contribution in [3.8, 4) is 0 Å². The molecule has 0 fully saturated rings. The van der Waals surface area contributed by atoms with Gasteiger partial charge in [-0.1, -0.05) is 46.8 Å². The summed E-state index contributed by atoms with van der Waals surface area (Å²) in [5.74, 6) is 1.38. The Morgan fingerprint density at radius 1 is 1.06 bits per heavy atom. The van der Waals surface area contributed by atoms with E-state index in [0.29, 0.717) is 17.3 Å². The predicted octanol–water partition coefficient (Wildman–Crippen LogP) is 5.58. The number of hydrogen-bond donors (Lipinski definition) is 0. The summed E-state index contributed by atoms with van der Waals surface area (Å²) in [6, 6.07) is 9.11. The van der Waals surface area contributed by atoms with Gasteiger partial charge in [-0.2, -0.15) is 0 Å². The van der Waals surface area contributed by atoms with E-state index in [0.717, 1.165) is 0 Å². The van der Waals surface area contributed by atoms with E-state index in [9.17, 15) is 0 Å². The fraction of sp³-hybridized carbons (Fsp3) is 0.625. The highest BCUT2D eigenvalue weighted by Crippen LogP contribution is 2.36. The highest BCUT2D eigenvalue weighted by molar-refractivity contribution is 7.98. The van der Waals surface area contributed by atoms with Gasteiger partial charge in [0.2, 0.25) is 0 Å². The minimum Gasteiger partial charge on any atom is -0.130 e. The first-order valence-corrected chi connectivity index (χ1v) is 7.70. The summed E-state index contributed by atoms with van der Waals surface area (Å²) >= 11 is 1.81. The molecule has 0 spiro atoms. The molecule has 0 amide bonds. The van der Waals surface area contributed by atoms with Crippen LogP contribution in [-0.4, -0.2) is 6.26 Å². The van der Waals surface area contributed by atoms with Gasteiger partial charge in [-0.25, -0.2) is 0 Å². The Kier molecular flexibility index (Phi) is 5.12. The average molecular weight is 250 g/mol. The molecule has 17 heavy (non-hydrogen) atoms. The van der Waals surface area contributed by atoms with Crippen LogP contribution in [0.15, 0.2) is 29.2 Å². The van der Waals surface area contributed by atoms with Gasteiger partial charge in [-0.15, -0.1) is 11.8 Å². The van der Waals surface area contributed by atoms with Crippen molar-refractivity contribution in [1.82, 2.24) is 0 Å². The highest BCUT2D eigenvalue weighted by Gasteiger charge is 2.22. The van der Waals surface area contributed by atoms with Crippen molar-refractivity contribution in [2.24, 2.45) is 11.3 Å². The monoisotopic (exact) mass is 250 g/mol. The van der Waals surface area contributed by atoms with Crippen LogP contribution in [0.1, 0.15) is 52.5 Å². The van der Waals surface area contributed by atoms with Crippen molar-refractivity contribution in [2.75, 3.05) is 6.26 Å². The van der Waals surface area contributed by atoms with Gasteiger partial charge in [0.25, 0.3) is 0 Å². The third kappa shape index (κ3) is 4.75. The molecule has 0 aromatic heterocycles. The first-order valence-electron chi connectivity index (χ1n) is 6.47. The summed E-state index contributed by atoms with van der Waals surface area (Å²) in [6.07, 6.45) is 3.38. The van der Waals surface area contributed by atoms with Crippen LogP contribution >= 0.6 is 11.8 Å². The Morgan fingerprint density at radius 3 is 1.94 bits per heavy atom. The molecule has 1 heteroatoms. The van der Waals surface area contributed by atoms with Gasteiger partial charge in [0.15, 0.2) is 0 Å². The SMILES string of the molecule is CSc1ccc(C(CC(C)(C)C)C(C)C)cc1. The van der Waals surface area contributed by atoms with Crippen LogP contribution in [0, 0.1) is 11.3 Å². The van der Waals surface area contributed by atoms with E-state index in [1.165, 1.54) is 16.9 Å². The van der Waals surface area contributed by atoms with Crippen LogP contribution in [0.4, 0.5) is 0 Å². The van der Waals surface area contributed by atoms with Crippen LogP contribution in [0.25, 0.3) is 0 Å². The van der Waals surface area contributed by atoms with E-state index in [-0.39, 0.29) is 0 Å². The lowest BCUT2D eigenvalue weighted by Gasteiger charge is -2.29. The predicted molar refractivity (Wildman–Crippen MR) is 79.9 cm³/mol. The normalized spacial score (nSPS) is 14.1. The Hall–Kier alpha value is -0.430. The van der Waals surface area contributed by atoms with Gasteiger partial charge < -0.3 is 0 Å². The van der Waals surface area contributed by atoms with Gasteiger partial charge in [-0.3, -0.25) is 0 Å². The van der Waals surface area contributed by atoms with E-state index in [2.05, 4.69) is 65.1 Å². The van der Waals surface area contributed by atoms with Gasteiger partial charge in [-0.05, 0) is 47.6 Å². The van der Waals surface area contributed by atoms with Gasteiger partial charge in [0, 0.05) is 4.90 Å². The maximum atomic E-state index is 2.33. The first-order chi connectivity index (χ1) is 7.83. The fourth-order valence-electron chi connectivity index (χ4n) is 2.25. The smallest absolute Gasteiger partial charge is 0.00693 e. The zero-order valence-corrected chi connectivity index (χ0v) is 12.9. The molecule has 0 saturated heterocycles. The molecule has 1 aromatic rings. The lowest BCUT2D eigenvalue weighted by atomic mass is 9.76. The van der Waals surface area contributed by atoms with Crippen molar-refractivity contribution in [3.63, 3.8) is 0 Å². The molecular weight excluding hydrogens is 224 g/mol. The van der Waals surface area contributed by atoms with Gasteiger partial charge in [0.05, 0.1) is 0 Å². The van der Waals surface area contributed by atoms with Crippen LogP contribution in [0.2, 0.25) is 0 Å². The number of hydrogen-bond acceptors (Lipinski definition) is 1. The topological polar surface area (TPSA) is 0 Å². The third-order valence-electron chi connectivity index (χ3n) is 3.18. The van der Waals surface area contributed by atoms with Crippen molar-refractivity contribution >= 4 is 11.8 Å². The Bertz CT molecular complexity index is 330. The molecule has 1 aromatic carbocycles. The zero-order chi connectivity index (χ0) is 13.1. The summed E-state index contributed by atoms with van der Waals surface area (Å²) in [5, 5.41) is 0. The largest absolute Gasteiger partial charge is 0.130 e. The second-order valence-corrected chi connectivity index (χ2v) is 7.27. The molecule has 0 nitrogen and oxygen atoms in total. The van der Waals surface area contributed by atoms with E-state index in [4.69, 9.17) is 0 Å². The lowest BCUT2D eigenvalue weighted by molar-refractivity contribution is 0.301. The molecule has 0 radical (unpaired) electrons. The molecule has 1 unspecified atom stereocenters. The molecule has 0 aliphatic heterocycles. The molecule has 0 heterocycles. The van der Waals surface area contributed by atoms with E-state index >= 15 is 0 Å². The molecule has 0 aliphatic carbocycles. The standard InChI is InChI=1S/C16H26S/c1-12(2)15(11-16(3,4)5)13-7-9-14(17-6)10-8-13/h7-10,12,15H,11H2,1-6H3.